The number of aromatic nitrogens is 1. The third-order valence-corrected chi connectivity index (χ3v) is 3.09. The van der Waals surface area contributed by atoms with E-state index in [1.165, 1.54) is 12.1 Å². The number of rotatable bonds is 5. The van der Waals surface area contributed by atoms with Crippen molar-refractivity contribution < 1.29 is 9.72 Å². The molecule has 1 rings (SSSR count). The fourth-order valence-electron chi connectivity index (χ4n) is 1.04. The van der Waals surface area contributed by atoms with Gasteiger partial charge in [0.1, 0.15) is 0 Å². The molecule has 0 saturated heterocycles. The Kier molecular flexibility index (Phi) is 4.48. The summed E-state index contributed by atoms with van der Waals surface area (Å²) in [7, 11) is 0. The predicted octanol–water partition coefficient (Wildman–Crippen LogP) is 1.68. The second kappa shape index (κ2) is 5.64. The van der Waals surface area contributed by atoms with Gasteiger partial charge in [-0.3, -0.25) is 4.79 Å². The van der Waals surface area contributed by atoms with Crippen LogP contribution in [0.4, 0.5) is 5.82 Å². The second-order valence-corrected chi connectivity index (χ2v) is 4.13. The first-order chi connectivity index (χ1) is 7.54. The summed E-state index contributed by atoms with van der Waals surface area (Å²) in [6, 6.07) is 2.66. The van der Waals surface area contributed by atoms with Crippen LogP contribution in [-0.2, 0) is 0 Å². The Balaban J connectivity index is 2.56. The lowest BCUT2D eigenvalue weighted by Crippen LogP contribution is -2.29. The largest absolute Gasteiger partial charge is 0.358 e. The summed E-state index contributed by atoms with van der Waals surface area (Å²) >= 11 is 3.30. The molecule has 0 aromatic carbocycles. The van der Waals surface area contributed by atoms with Crippen LogP contribution in [0.2, 0.25) is 0 Å². The normalized spacial score (nSPS) is 12.1. The topological polar surface area (TPSA) is 88.0 Å². The minimum atomic E-state index is -0.572. The van der Waals surface area contributed by atoms with E-state index in [0.29, 0.717) is 12.5 Å². The van der Waals surface area contributed by atoms with Crippen LogP contribution in [0.15, 0.2) is 12.1 Å². The fraction of sp³-hybridized carbons (Fsp3) is 0.444. The maximum absolute atomic E-state index is 11.5. The second-order valence-electron chi connectivity index (χ2n) is 3.48. The van der Waals surface area contributed by atoms with E-state index in [4.69, 9.17) is 0 Å². The molecule has 0 aliphatic rings. The number of hydrogen-bond donors (Lipinski definition) is 2. The number of H-pyrrole nitrogens is 1. The van der Waals surface area contributed by atoms with Gasteiger partial charge in [0, 0.05) is 17.9 Å². The van der Waals surface area contributed by atoms with E-state index in [1.54, 1.807) is 0 Å². The van der Waals surface area contributed by atoms with Crippen LogP contribution in [0.1, 0.15) is 17.4 Å². The van der Waals surface area contributed by atoms with Gasteiger partial charge < -0.3 is 15.4 Å². The number of amides is 1. The van der Waals surface area contributed by atoms with Gasteiger partial charge in [0.15, 0.2) is 5.69 Å². The van der Waals surface area contributed by atoms with Gasteiger partial charge in [0.2, 0.25) is 0 Å². The minimum Gasteiger partial charge on any atom is -0.358 e. The van der Waals surface area contributed by atoms with Gasteiger partial charge in [0.25, 0.3) is 5.91 Å². The Morgan fingerprint density at radius 3 is 2.88 bits per heavy atom. The molecule has 0 aliphatic heterocycles. The van der Waals surface area contributed by atoms with Crippen LogP contribution in [-0.4, -0.2) is 27.7 Å². The Morgan fingerprint density at radius 2 is 2.38 bits per heavy atom. The molecule has 16 heavy (non-hydrogen) atoms. The predicted molar refractivity (Wildman–Crippen MR) is 62.7 cm³/mol. The Labute approximate surface area is 101 Å². The molecule has 1 amide bonds. The van der Waals surface area contributed by atoms with Crippen molar-refractivity contribution in [1.29, 1.82) is 0 Å². The van der Waals surface area contributed by atoms with Gasteiger partial charge in [-0.25, -0.2) is 4.98 Å². The van der Waals surface area contributed by atoms with Crippen molar-refractivity contribution in [2.75, 3.05) is 11.9 Å². The van der Waals surface area contributed by atoms with E-state index < -0.39 is 4.92 Å². The van der Waals surface area contributed by atoms with E-state index in [9.17, 15) is 14.9 Å². The zero-order chi connectivity index (χ0) is 12.1. The van der Waals surface area contributed by atoms with Gasteiger partial charge in [0.05, 0.1) is 0 Å². The summed E-state index contributed by atoms with van der Waals surface area (Å²) in [5.41, 5.74) is 0.202. The van der Waals surface area contributed by atoms with Crippen molar-refractivity contribution in [3.05, 3.63) is 27.9 Å². The first-order valence-electron chi connectivity index (χ1n) is 4.72. The number of halogens is 1. The van der Waals surface area contributed by atoms with Crippen LogP contribution in [0.3, 0.4) is 0 Å². The van der Waals surface area contributed by atoms with Gasteiger partial charge in [-0.2, -0.15) is 0 Å². The molecule has 0 radical (unpaired) electrons. The van der Waals surface area contributed by atoms with Crippen molar-refractivity contribution in [3.63, 3.8) is 0 Å². The zero-order valence-corrected chi connectivity index (χ0v) is 10.3. The lowest BCUT2D eigenvalue weighted by Gasteiger charge is -2.07. The lowest BCUT2D eigenvalue weighted by molar-refractivity contribution is -0.389. The summed E-state index contributed by atoms with van der Waals surface area (Å²) in [4.78, 5) is 23.8. The molecule has 1 aromatic heterocycles. The van der Waals surface area contributed by atoms with Gasteiger partial charge in [-0.05, 0) is 16.9 Å². The van der Waals surface area contributed by atoms with Crippen LogP contribution in [0, 0.1) is 16.0 Å². The standard InChI is InChI=1S/C9H12BrN3O3/c1-6(4-10)5-11-9(14)7-2-3-8(12-7)13(15)16/h2-3,6,12H,4-5H2,1H3,(H,11,14). The number of alkyl halides is 1. The van der Waals surface area contributed by atoms with Crippen LogP contribution < -0.4 is 5.32 Å². The third-order valence-electron chi connectivity index (χ3n) is 1.99. The highest BCUT2D eigenvalue weighted by Crippen LogP contribution is 2.09. The molecule has 0 bridgehead atoms. The summed E-state index contributed by atoms with van der Waals surface area (Å²) in [6.45, 7) is 2.50. The maximum Gasteiger partial charge on any atom is 0.321 e. The molecule has 1 atom stereocenters. The number of hydrogen-bond acceptors (Lipinski definition) is 3. The number of aromatic amines is 1. The van der Waals surface area contributed by atoms with E-state index in [1.807, 2.05) is 6.92 Å². The van der Waals surface area contributed by atoms with E-state index in [2.05, 4.69) is 26.2 Å². The molecule has 1 heterocycles. The molecule has 88 valence electrons. The van der Waals surface area contributed by atoms with Crippen molar-refractivity contribution in [2.45, 2.75) is 6.92 Å². The summed E-state index contributed by atoms with van der Waals surface area (Å²) in [5, 5.41) is 13.9. The summed E-state index contributed by atoms with van der Waals surface area (Å²) < 4.78 is 0. The highest BCUT2D eigenvalue weighted by molar-refractivity contribution is 9.09. The number of carbonyl (C=O) groups excluding carboxylic acids is 1. The van der Waals surface area contributed by atoms with E-state index in [-0.39, 0.29) is 17.4 Å². The number of nitro groups is 1. The Morgan fingerprint density at radius 1 is 1.69 bits per heavy atom. The highest BCUT2D eigenvalue weighted by Gasteiger charge is 2.15. The number of carbonyl (C=O) groups is 1. The third kappa shape index (κ3) is 3.34. The smallest absolute Gasteiger partial charge is 0.321 e. The zero-order valence-electron chi connectivity index (χ0n) is 8.70. The SMILES string of the molecule is CC(CBr)CNC(=O)c1ccc([N+](=O)[O-])[nH]1. The molecule has 7 heteroatoms. The van der Waals surface area contributed by atoms with Crippen molar-refractivity contribution >= 4 is 27.7 Å². The molecule has 0 spiro atoms. The lowest BCUT2D eigenvalue weighted by atomic mass is 10.2. The number of nitrogens with one attached hydrogen (secondary N) is 2. The summed E-state index contributed by atoms with van der Waals surface area (Å²) in [6.07, 6.45) is 0. The van der Waals surface area contributed by atoms with Gasteiger partial charge >= 0.3 is 5.82 Å². The van der Waals surface area contributed by atoms with Crippen molar-refractivity contribution in [1.82, 2.24) is 10.3 Å². The first kappa shape index (κ1) is 12.7. The first-order valence-corrected chi connectivity index (χ1v) is 5.84. The van der Waals surface area contributed by atoms with Crippen LogP contribution >= 0.6 is 15.9 Å². The van der Waals surface area contributed by atoms with E-state index in [0.717, 1.165) is 5.33 Å². The molecule has 2 N–H and O–H groups in total. The highest BCUT2D eigenvalue weighted by atomic mass is 79.9. The minimum absolute atomic E-state index is 0.182. The average Bonchev–Trinajstić information content (AvgIpc) is 2.74. The maximum atomic E-state index is 11.5. The Bertz CT molecular complexity index is 391. The van der Waals surface area contributed by atoms with Crippen molar-refractivity contribution in [3.8, 4) is 0 Å². The summed E-state index contributed by atoms with van der Waals surface area (Å²) in [5.74, 6) is -0.200. The molecule has 1 unspecified atom stereocenters. The van der Waals surface area contributed by atoms with Crippen molar-refractivity contribution in [2.24, 2.45) is 5.92 Å². The molecular weight excluding hydrogens is 278 g/mol. The van der Waals surface area contributed by atoms with Crippen LogP contribution in [0.5, 0.6) is 0 Å². The van der Waals surface area contributed by atoms with Crippen LogP contribution in [0.25, 0.3) is 0 Å². The quantitative estimate of drug-likeness (QED) is 0.491. The van der Waals surface area contributed by atoms with Gasteiger partial charge in [-0.1, -0.05) is 22.9 Å². The number of nitrogens with zero attached hydrogens (tertiary/aromatic N) is 1. The molecule has 0 saturated carbocycles. The Hall–Kier alpha value is -1.37. The van der Waals surface area contributed by atoms with Gasteiger partial charge in [-0.15, -0.1) is 0 Å². The molecule has 0 fully saturated rings. The average molecular weight is 290 g/mol. The monoisotopic (exact) mass is 289 g/mol. The molecule has 1 aromatic rings. The fourth-order valence-corrected chi connectivity index (χ4v) is 1.27. The molecule has 0 aliphatic carbocycles. The van der Waals surface area contributed by atoms with E-state index >= 15 is 0 Å². The molecular formula is C9H12BrN3O3. The molecule has 6 nitrogen and oxygen atoms in total.